The first kappa shape index (κ1) is 14.9. The van der Waals surface area contributed by atoms with Crippen LogP contribution in [0.25, 0.3) is 0 Å². The SMILES string of the molecule is CC1CCN(Cc2ccc(C(C)(C)C)cc2)C1CCl. The van der Waals surface area contributed by atoms with Crippen LogP contribution < -0.4 is 0 Å². The van der Waals surface area contributed by atoms with Crippen molar-refractivity contribution in [3.8, 4) is 0 Å². The van der Waals surface area contributed by atoms with E-state index in [9.17, 15) is 0 Å². The maximum atomic E-state index is 6.11. The second-order valence-electron chi connectivity index (χ2n) is 6.91. The average molecular weight is 280 g/mol. The van der Waals surface area contributed by atoms with Crippen molar-refractivity contribution in [2.75, 3.05) is 12.4 Å². The van der Waals surface area contributed by atoms with Gasteiger partial charge in [-0.1, -0.05) is 52.0 Å². The predicted octanol–water partition coefficient (Wildman–Crippen LogP) is 4.43. The smallest absolute Gasteiger partial charge is 0.0382 e. The van der Waals surface area contributed by atoms with E-state index in [1.807, 2.05) is 0 Å². The van der Waals surface area contributed by atoms with E-state index < -0.39 is 0 Å². The molecule has 0 aromatic heterocycles. The van der Waals surface area contributed by atoms with Crippen molar-refractivity contribution in [1.29, 1.82) is 0 Å². The number of benzene rings is 1. The minimum Gasteiger partial charge on any atom is -0.295 e. The van der Waals surface area contributed by atoms with E-state index in [4.69, 9.17) is 11.6 Å². The highest BCUT2D eigenvalue weighted by molar-refractivity contribution is 6.18. The molecule has 0 bridgehead atoms. The van der Waals surface area contributed by atoms with E-state index in [1.54, 1.807) is 0 Å². The lowest BCUT2D eigenvalue weighted by Gasteiger charge is -2.25. The van der Waals surface area contributed by atoms with Gasteiger partial charge in [0.1, 0.15) is 0 Å². The fourth-order valence-electron chi connectivity index (χ4n) is 2.88. The minimum atomic E-state index is 0.235. The molecule has 2 heteroatoms. The zero-order valence-corrected chi connectivity index (χ0v) is 13.4. The second kappa shape index (κ2) is 5.85. The highest BCUT2D eigenvalue weighted by atomic mass is 35.5. The van der Waals surface area contributed by atoms with E-state index in [-0.39, 0.29) is 5.41 Å². The van der Waals surface area contributed by atoms with E-state index in [0.29, 0.717) is 6.04 Å². The molecule has 1 fully saturated rings. The molecular formula is C17H26ClN. The maximum absolute atomic E-state index is 6.11. The fraction of sp³-hybridized carbons (Fsp3) is 0.647. The molecule has 106 valence electrons. The summed E-state index contributed by atoms with van der Waals surface area (Å²) in [5.41, 5.74) is 3.04. The molecular weight excluding hydrogens is 254 g/mol. The summed E-state index contributed by atoms with van der Waals surface area (Å²) in [7, 11) is 0. The van der Waals surface area contributed by atoms with Gasteiger partial charge in [-0.2, -0.15) is 0 Å². The standard InChI is InChI=1S/C17H26ClN/c1-13-9-10-19(16(13)11-18)12-14-5-7-15(8-6-14)17(2,3)4/h5-8,13,16H,9-12H2,1-4H3. The van der Waals surface area contributed by atoms with Crippen LogP contribution >= 0.6 is 11.6 Å². The van der Waals surface area contributed by atoms with Gasteiger partial charge in [-0.05, 0) is 35.4 Å². The van der Waals surface area contributed by atoms with E-state index in [2.05, 4.69) is 56.9 Å². The fourth-order valence-corrected chi connectivity index (χ4v) is 3.38. The summed E-state index contributed by atoms with van der Waals surface area (Å²) in [6.07, 6.45) is 1.28. The largest absolute Gasteiger partial charge is 0.295 e. The van der Waals surface area contributed by atoms with Crippen molar-refractivity contribution in [3.63, 3.8) is 0 Å². The monoisotopic (exact) mass is 279 g/mol. The summed E-state index contributed by atoms with van der Waals surface area (Å²) >= 11 is 6.11. The van der Waals surface area contributed by atoms with Gasteiger partial charge in [-0.15, -0.1) is 11.6 Å². The zero-order valence-electron chi connectivity index (χ0n) is 12.6. The Hall–Kier alpha value is -0.530. The predicted molar refractivity (Wildman–Crippen MR) is 83.8 cm³/mol. The molecule has 1 aromatic rings. The molecule has 1 heterocycles. The van der Waals surface area contributed by atoms with Crippen LogP contribution in [0.5, 0.6) is 0 Å². The number of rotatable bonds is 3. The Kier molecular flexibility index (Phi) is 4.58. The number of hydrogen-bond donors (Lipinski definition) is 0. The molecule has 19 heavy (non-hydrogen) atoms. The molecule has 0 spiro atoms. The molecule has 2 atom stereocenters. The van der Waals surface area contributed by atoms with Crippen LogP contribution in [0.2, 0.25) is 0 Å². The van der Waals surface area contributed by atoms with Gasteiger partial charge in [0, 0.05) is 18.5 Å². The van der Waals surface area contributed by atoms with Gasteiger partial charge in [0.05, 0.1) is 0 Å². The third kappa shape index (κ3) is 3.52. The maximum Gasteiger partial charge on any atom is 0.0382 e. The number of nitrogens with zero attached hydrogens (tertiary/aromatic N) is 1. The topological polar surface area (TPSA) is 3.24 Å². The van der Waals surface area contributed by atoms with Gasteiger partial charge in [-0.25, -0.2) is 0 Å². The van der Waals surface area contributed by atoms with Crippen molar-refractivity contribution >= 4 is 11.6 Å². The first-order chi connectivity index (χ1) is 8.91. The summed E-state index contributed by atoms with van der Waals surface area (Å²) in [5.74, 6) is 1.48. The highest BCUT2D eigenvalue weighted by Gasteiger charge is 2.30. The number of likely N-dealkylation sites (tertiary alicyclic amines) is 1. The molecule has 2 unspecified atom stereocenters. The van der Waals surface area contributed by atoms with Gasteiger partial charge in [0.2, 0.25) is 0 Å². The van der Waals surface area contributed by atoms with Crippen LogP contribution in [0.3, 0.4) is 0 Å². The van der Waals surface area contributed by atoms with Gasteiger partial charge in [-0.3, -0.25) is 4.90 Å². The number of hydrogen-bond acceptors (Lipinski definition) is 1. The third-order valence-electron chi connectivity index (χ3n) is 4.36. The highest BCUT2D eigenvalue weighted by Crippen LogP contribution is 2.27. The first-order valence-electron chi connectivity index (χ1n) is 7.31. The Morgan fingerprint density at radius 1 is 1.21 bits per heavy atom. The molecule has 2 rings (SSSR count). The molecule has 1 aromatic carbocycles. The van der Waals surface area contributed by atoms with Crippen LogP contribution in [-0.4, -0.2) is 23.4 Å². The van der Waals surface area contributed by atoms with Crippen molar-refractivity contribution in [3.05, 3.63) is 35.4 Å². The zero-order chi connectivity index (χ0) is 14.0. The molecule has 0 aliphatic carbocycles. The van der Waals surface area contributed by atoms with Gasteiger partial charge < -0.3 is 0 Å². The summed E-state index contributed by atoms with van der Waals surface area (Å²) < 4.78 is 0. The van der Waals surface area contributed by atoms with Gasteiger partial charge in [0.25, 0.3) is 0 Å². The lowest BCUT2D eigenvalue weighted by Crippen LogP contribution is -2.33. The molecule has 1 nitrogen and oxygen atoms in total. The van der Waals surface area contributed by atoms with Crippen molar-refractivity contribution in [2.45, 2.75) is 52.1 Å². The summed E-state index contributed by atoms with van der Waals surface area (Å²) in [5, 5.41) is 0. The normalized spacial score (nSPS) is 24.9. The van der Waals surface area contributed by atoms with Gasteiger partial charge >= 0.3 is 0 Å². The number of alkyl halides is 1. The lowest BCUT2D eigenvalue weighted by atomic mass is 9.87. The Bertz CT molecular complexity index is 404. The Morgan fingerprint density at radius 2 is 1.84 bits per heavy atom. The Labute approximate surface area is 123 Å². The number of halogens is 1. The molecule has 1 aliphatic heterocycles. The lowest BCUT2D eigenvalue weighted by molar-refractivity contribution is 0.242. The average Bonchev–Trinajstić information content (AvgIpc) is 2.69. The Balaban J connectivity index is 2.04. The van der Waals surface area contributed by atoms with Crippen molar-refractivity contribution in [2.24, 2.45) is 5.92 Å². The summed E-state index contributed by atoms with van der Waals surface area (Å²) in [6, 6.07) is 9.63. The van der Waals surface area contributed by atoms with Crippen molar-refractivity contribution < 1.29 is 0 Å². The minimum absolute atomic E-state index is 0.235. The molecule has 0 saturated carbocycles. The van der Waals surface area contributed by atoms with E-state index in [1.165, 1.54) is 24.1 Å². The molecule has 0 amide bonds. The van der Waals surface area contributed by atoms with Crippen LogP contribution in [0, 0.1) is 5.92 Å². The molecule has 1 saturated heterocycles. The molecule has 1 aliphatic rings. The van der Waals surface area contributed by atoms with Gasteiger partial charge in [0.15, 0.2) is 0 Å². The summed E-state index contributed by atoms with van der Waals surface area (Å²) in [6.45, 7) is 11.3. The quantitative estimate of drug-likeness (QED) is 0.740. The van der Waals surface area contributed by atoms with E-state index >= 15 is 0 Å². The van der Waals surface area contributed by atoms with E-state index in [0.717, 1.165) is 18.3 Å². The third-order valence-corrected chi connectivity index (χ3v) is 4.68. The van der Waals surface area contributed by atoms with Crippen LogP contribution in [0.4, 0.5) is 0 Å². The second-order valence-corrected chi connectivity index (χ2v) is 7.21. The van der Waals surface area contributed by atoms with Crippen LogP contribution in [0.1, 0.15) is 45.2 Å². The Morgan fingerprint density at radius 3 is 2.37 bits per heavy atom. The summed E-state index contributed by atoms with van der Waals surface area (Å²) in [4.78, 5) is 2.53. The first-order valence-corrected chi connectivity index (χ1v) is 7.84. The van der Waals surface area contributed by atoms with Crippen molar-refractivity contribution in [1.82, 2.24) is 4.90 Å². The molecule has 0 N–H and O–H groups in total. The molecule has 0 radical (unpaired) electrons. The van der Waals surface area contributed by atoms with Crippen LogP contribution in [0.15, 0.2) is 24.3 Å². The van der Waals surface area contributed by atoms with Crippen LogP contribution in [-0.2, 0) is 12.0 Å².